The summed E-state index contributed by atoms with van der Waals surface area (Å²) in [6, 6.07) is 0. The van der Waals surface area contributed by atoms with Gasteiger partial charge in [0.25, 0.3) is 0 Å². The SMILES string of the molecule is Cc1nn(C(=O)OC(C)(C)C)c(C)c1Br. The minimum absolute atomic E-state index is 0.450. The highest BCUT2D eigenvalue weighted by Crippen LogP contribution is 2.20. The van der Waals surface area contributed by atoms with E-state index in [0.29, 0.717) is 0 Å². The number of aryl methyl sites for hydroxylation is 1. The van der Waals surface area contributed by atoms with Crippen LogP contribution in [0.1, 0.15) is 32.2 Å². The number of rotatable bonds is 0. The predicted octanol–water partition coefficient (Wildman–Crippen LogP) is 3.05. The van der Waals surface area contributed by atoms with Gasteiger partial charge in [-0.2, -0.15) is 9.78 Å². The molecule has 0 aliphatic heterocycles. The second-order valence-electron chi connectivity index (χ2n) is 4.38. The Labute approximate surface area is 97.7 Å². The molecule has 0 fully saturated rings. The van der Waals surface area contributed by atoms with Gasteiger partial charge in [-0.1, -0.05) is 0 Å². The number of hydrogen-bond acceptors (Lipinski definition) is 3. The first-order valence-electron chi connectivity index (χ1n) is 4.67. The van der Waals surface area contributed by atoms with Crippen LogP contribution >= 0.6 is 15.9 Å². The fourth-order valence-corrected chi connectivity index (χ4v) is 1.35. The van der Waals surface area contributed by atoms with Gasteiger partial charge < -0.3 is 4.74 Å². The molecule has 0 atom stereocenters. The zero-order valence-electron chi connectivity index (χ0n) is 9.59. The number of hydrogen-bond donors (Lipinski definition) is 0. The lowest BCUT2D eigenvalue weighted by atomic mass is 10.2. The van der Waals surface area contributed by atoms with Gasteiger partial charge in [0.15, 0.2) is 0 Å². The van der Waals surface area contributed by atoms with Crippen LogP contribution in [0.15, 0.2) is 4.47 Å². The van der Waals surface area contributed by atoms with Crippen LogP contribution in [-0.4, -0.2) is 21.5 Å². The molecule has 84 valence electrons. The molecule has 15 heavy (non-hydrogen) atoms. The fourth-order valence-electron chi connectivity index (χ4n) is 1.11. The van der Waals surface area contributed by atoms with Gasteiger partial charge in [-0.3, -0.25) is 0 Å². The minimum atomic E-state index is -0.504. The summed E-state index contributed by atoms with van der Waals surface area (Å²) in [5.41, 5.74) is 1.02. The molecule has 1 aromatic rings. The van der Waals surface area contributed by atoms with Crippen molar-refractivity contribution in [2.45, 2.75) is 40.2 Å². The van der Waals surface area contributed by atoms with E-state index in [9.17, 15) is 4.79 Å². The molecule has 1 heterocycles. The second-order valence-corrected chi connectivity index (χ2v) is 5.17. The quantitative estimate of drug-likeness (QED) is 0.731. The third-order valence-corrected chi connectivity index (χ3v) is 2.92. The zero-order chi connectivity index (χ0) is 11.8. The van der Waals surface area contributed by atoms with Crippen molar-refractivity contribution in [1.82, 2.24) is 9.78 Å². The number of halogens is 1. The Hall–Kier alpha value is -0.840. The summed E-state index contributed by atoms with van der Waals surface area (Å²) in [6.45, 7) is 9.12. The van der Waals surface area contributed by atoms with Crippen molar-refractivity contribution in [3.8, 4) is 0 Å². The summed E-state index contributed by atoms with van der Waals surface area (Å²) in [7, 11) is 0. The Morgan fingerprint density at radius 1 is 1.40 bits per heavy atom. The summed E-state index contributed by atoms with van der Waals surface area (Å²) < 4.78 is 7.32. The number of nitrogens with zero attached hydrogens (tertiary/aromatic N) is 2. The molecule has 1 aromatic heterocycles. The van der Waals surface area contributed by atoms with Crippen molar-refractivity contribution in [3.63, 3.8) is 0 Å². The Morgan fingerprint density at radius 2 is 1.93 bits per heavy atom. The molecule has 0 bridgehead atoms. The Kier molecular flexibility index (Phi) is 3.23. The molecule has 0 aliphatic carbocycles. The maximum absolute atomic E-state index is 11.7. The first-order chi connectivity index (χ1) is 6.72. The first kappa shape index (κ1) is 12.2. The van der Waals surface area contributed by atoms with Gasteiger partial charge in [0.2, 0.25) is 0 Å². The smallest absolute Gasteiger partial charge is 0.435 e. The maximum Gasteiger partial charge on any atom is 0.435 e. The Bertz CT molecular complexity index is 391. The van der Waals surface area contributed by atoms with Gasteiger partial charge in [-0.05, 0) is 50.5 Å². The topological polar surface area (TPSA) is 44.1 Å². The average molecular weight is 275 g/mol. The minimum Gasteiger partial charge on any atom is -0.442 e. The highest BCUT2D eigenvalue weighted by Gasteiger charge is 2.21. The monoisotopic (exact) mass is 274 g/mol. The fraction of sp³-hybridized carbons (Fsp3) is 0.600. The van der Waals surface area contributed by atoms with Gasteiger partial charge in [0.05, 0.1) is 15.9 Å². The second kappa shape index (κ2) is 3.96. The normalized spacial score (nSPS) is 11.6. The number of aromatic nitrogens is 2. The van der Waals surface area contributed by atoms with Gasteiger partial charge in [-0.25, -0.2) is 4.79 Å². The van der Waals surface area contributed by atoms with E-state index >= 15 is 0 Å². The number of carbonyl (C=O) groups is 1. The van der Waals surface area contributed by atoms with E-state index in [1.807, 2.05) is 34.6 Å². The highest BCUT2D eigenvalue weighted by atomic mass is 79.9. The molecule has 0 radical (unpaired) electrons. The van der Waals surface area contributed by atoms with Crippen LogP contribution in [0, 0.1) is 13.8 Å². The van der Waals surface area contributed by atoms with Crippen LogP contribution in [-0.2, 0) is 4.74 Å². The molecule has 5 heteroatoms. The molecule has 4 nitrogen and oxygen atoms in total. The van der Waals surface area contributed by atoms with Gasteiger partial charge in [0, 0.05) is 0 Å². The summed E-state index contributed by atoms with van der Waals surface area (Å²) in [6.07, 6.45) is -0.450. The van der Waals surface area contributed by atoms with Crippen LogP contribution in [0.25, 0.3) is 0 Å². The van der Waals surface area contributed by atoms with Crippen molar-refractivity contribution in [2.24, 2.45) is 0 Å². The molecule has 0 spiro atoms. The molecular formula is C10H15BrN2O2. The summed E-state index contributed by atoms with van der Waals surface area (Å²) >= 11 is 3.36. The Balaban J connectivity index is 2.98. The van der Waals surface area contributed by atoms with Crippen molar-refractivity contribution in [2.75, 3.05) is 0 Å². The summed E-state index contributed by atoms with van der Waals surface area (Å²) in [5.74, 6) is 0. The molecule has 0 N–H and O–H groups in total. The molecule has 0 amide bonds. The predicted molar refractivity (Wildman–Crippen MR) is 61.0 cm³/mol. The molecule has 0 aromatic carbocycles. The van der Waals surface area contributed by atoms with E-state index in [2.05, 4.69) is 21.0 Å². The van der Waals surface area contributed by atoms with Crippen molar-refractivity contribution in [3.05, 3.63) is 15.9 Å². The number of ether oxygens (including phenoxy) is 1. The lowest BCUT2D eigenvalue weighted by Crippen LogP contribution is -2.28. The third kappa shape index (κ3) is 2.81. The standard InChI is InChI=1S/C10H15BrN2O2/c1-6-8(11)7(2)13(12-6)9(14)15-10(3,4)5/h1-5H3. The van der Waals surface area contributed by atoms with Gasteiger partial charge in [-0.15, -0.1) is 0 Å². The van der Waals surface area contributed by atoms with Crippen LogP contribution in [0.3, 0.4) is 0 Å². The average Bonchev–Trinajstić information content (AvgIpc) is 2.30. The molecular weight excluding hydrogens is 260 g/mol. The van der Waals surface area contributed by atoms with E-state index in [4.69, 9.17) is 4.74 Å². The lowest BCUT2D eigenvalue weighted by Gasteiger charge is -2.19. The summed E-state index contributed by atoms with van der Waals surface area (Å²) in [4.78, 5) is 11.7. The van der Waals surface area contributed by atoms with Crippen LogP contribution in [0.4, 0.5) is 4.79 Å². The van der Waals surface area contributed by atoms with E-state index in [1.165, 1.54) is 4.68 Å². The van der Waals surface area contributed by atoms with Gasteiger partial charge >= 0.3 is 6.09 Å². The molecule has 0 saturated carbocycles. The van der Waals surface area contributed by atoms with Gasteiger partial charge in [0.1, 0.15) is 5.60 Å². The molecule has 0 saturated heterocycles. The lowest BCUT2D eigenvalue weighted by molar-refractivity contribution is 0.0510. The molecule has 0 unspecified atom stereocenters. The zero-order valence-corrected chi connectivity index (χ0v) is 11.2. The van der Waals surface area contributed by atoms with Crippen LogP contribution in [0.5, 0.6) is 0 Å². The highest BCUT2D eigenvalue weighted by molar-refractivity contribution is 9.10. The largest absolute Gasteiger partial charge is 0.442 e. The summed E-state index contributed by atoms with van der Waals surface area (Å²) in [5, 5.41) is 4.09. The van der Waals surface area contributed by atoms with E-state index < -0.39 is 11.7 Å². The van der Waals surface area contributed by atoms with E-state index in [1.54, 1.807) is 0 Å². The van der Waals surface area contributed by atoms with Crippen molar-refractivity contribution < 1.29 is 9.53 Å². The van der Waals surface area contributed by atoms with Crippen LogP contribution < -0.4 is 0 Å². The maximum atomic E-state index is 11.7. The number of carbonyl (C=O) groups excluding carboxylic acids is 1. The van der Waals surface area contributed by atoms with Crippen molar-refractivity contribution in [1.29, 1.82) is 0 Å². The van der Waals surface area contributed by atoms with E-state index in [0.717, 1.165) is 15.9 Å². The van der Waals surface area contributed by atoms with Crippen molar-refractivity contribution >= 4 is 22.0 Å². The third-order valence-electron chi connectivity index (χ3n) is 1.77. The van der Waals surface area contributed by atoms with Crippen LogP contribution in [0.2, 0.25) is 0 Å². The molecule has 0 aliphatic rings. The Morgan fingerprint density at radius 3 is 2.27 bits per heavy atom. The molecule has 1 rings (SSSR count). The van der Waals surface area contributed by atoms with E-state index in [-0.39, 0.29) is 0 Å². The first-order valence-corrected chi connectivity index (χ1v) is 5.47.